The first-order chi connectivity index (χ1) is 4.89. The van der Waals surface area contributed by atoms with E-state index < -0.39 is 4.52 Å². The summed E-state index contributed by atoms with van der Waals surface area (Å²) in [7, 11) is 0. The predicted molar refractivity (Wildman–Crippen MR) is 42.0 cm³/mol. The summed E-state index contributed by atoms with van der Waals surface area (Å²) in [6.45, 7) is 1.16. The van der Waals surface area contributed by atoms with Gasteiger partial charge in [-0.15, -0.1) is 23.2 Å². The second-order valence-electron chi connectivity index (χ2n) is 2.13. The van der Waals surface area contributed by atoms with Crippen LogP contribution in [-0.4, -0.2) is 4.52 Å². The Labute approximate surface area is 88.5 Å². The number of allylic oxidation sites excluding steroid dienone is 4. The van der Waals surface area contributed by atoms with E-state index in [1.807, 2.05) is 0 Å². The molecule has 11 heavy (non-hydrogen) atoms. The monoisotopic (exact) mass is 226 g/mol. The minimum atomic E-state index is -1.81. The molecule has 0 saturated carbocycles. The van der Waals surface area contributed by atoms with Gasteiger partial charge in [-0.1, -0.05) is 0 Å². The molecule has 0 spiro atoms. The van der Waals surface area contributed by atoms with Crippen molar-refractivity contribution in [3.8, 4) is 0 Å². The second kappa shape index (κ2) is 5.39. The summed E-state index contributed by atoms with van der Waals surface area (Å²) >= 11 is 11.6. The third kappa shape index (κ3) is 13.7. The predicted octanol–water partition coefficient (Wildman–Crippen LogP) is 1.88. The van der Waals surface area contributed by atoms with E-state index >= 15 is 0 Å². The molecule has 60 valence electrons. The molecule has 1 nitrogen and oxygen atoms in total. The van der Waals surface area contributed by atoms with Gasteiger partial charge in [0.1, 0.15) is 0 Å². The fraction of sp³-hybridized carbons (Fsp3) is 0.429. The van der Waals surface area contributed by atoms with Crippen molar-refractivity contribution < 1.29 is 25.5 Å². The van der Waals surface area contributed by atoms with Crippen molar-refractivity contribution in [2.75, 3.05) is 0 Å². The molecule has 0 saturated heterocycles. The number of rotatable bonds is 0. The SMILES string of the molecule is CC([O-])(Cl)Cl.[Ti+][C]1=CC=CC1. The fourth-order valence-corrected chi connectivity index (χ4v) is 0.782. The molecule has 0 N–H and O–H groups in total. The molecule has 0 aromatic rings. The van der Waals surface area contributed by atoms with Crippen LogP contribution < -0.4 is 5.11 Å². The Bertz CT molecular complexity index is 164. The molecule has 0 unspecified atom stereocenters. The molecule has 0 radical (unpaired) electrons. The van der Waals surface area contributed by atoms with Crippen LogP contribution in [0.5, 0.6) is 0 Å². The maximum atomic E-state index is 9.64. The van der Waals surface area contributed by atoms with Gasteiger partial charge in [-0.3, -0.25) is 0 Å². The van der Waals surface area contributed by atoms with Gasteiger partial charge in [-0.25, -0.2) is 0 Å². The molecule has 1 aliphatic rings. The summed E-state index contributed by atoms with van der Waals surface area (Å²) in [6, 6.07) is 0. The second-order valence-corrected chi connectivity index (χ2v) is 4.77. The normalized spacial score (nSPS) is 15.4. The van der Waals surface area contributed by atoms with Gasteiger partial charge in [0, 0.05) is 4.52 Å². The Kier molecular flexibility index (Phi) is 5.75. The van der Waals surface area contributed by atoms with Crippen LogP contribution in [-0.2, 0) is 20.4 Å². The standard InChI is InChI=1S/C5H5.C2H3Cl2O.Ti/c1-2-4-5-3-1;1-2(3,4)5;/h1-3H,4H2;1H3;/q;-1;+1. The van der Waals surface area contributed by atoms with Crippen molar-refractivity contribution in [2.45, 2.75) is 17.9 Å². The van der Waals surface area contributed by atoms with Gasteiger partial charge in [0.25, 0.3) is 0 Å². The summed E-state index contributed by atoms with van der Waals surface area (Å²) in [5, 5.41) is 9.64. The van der Waals surface area contributed by atoms with Crippen LogP contribution in [0.4, 0.5) is 0 Å². The maximum absolute atomic E-state index is 9.64. The Balaban J connectivity index is 0.000000187. The van der Waals surface area contributed by atoms with E-state index in [2.05, 4.69) is 38.7 Å². The van der Waals surface area contributed by atoms with Crippen LogP contribution in [0.3, 0.4) is 0 Å². The van der Waals surface area contributed by atoms with Gasteiger partial charge in [0.15, 0.2) is 0 Å². The molecular formula is C7H8Cl2OTi. The van der Waals surface area contributed by atoms with Crippen molar-refractivity contribution in [1.82, 2.24) is 0 Å². The fourth-order valence-electron chi connectivity index (χ4n) is 0.447. The number of hydrogen-bond donors (Lipinski definition) is 0. The first-order valence-corrected chi connectivity index (χ1v) is 4.59. The zero-order chi connectivity index (χ0) is 8.91. The zero-order valence-corrected chi connectivity index (χ0v) is 9.18. The van der Waals surface area contributed by atoms with Gasteiger partial charge in [-0.2, -0.15) is 0 Å². The molecule has 1 rings (SSSR count). The first-order valence-electron chi connectivity index (χ1n) is 3.05. The number of alkyl halides is 2. The summed E-state index contributed by atoms with van der Waals surface area (Å²) in [4.78, 5) is 0. The molecule has 0 aromatic heterocycles. The van der Waals surface area contributed by atoms with Gasteiger partial charge in [-0.05, 0) is 6.92 Å². The molecule has 0 aromatic carbocycles. The van der Waals surface area contributed by atoms with Crippen molar-refractivity contribution in [2.24, 2.45) is 0 Å². The van der Waals surface area contributed by atoms with Crippen LogP contribution >= 0.6 is 23.2 Å². The Morgan fingerprint density at radius 1 is 1.64 bits per heavy atom. The van der Waals surface area contributed by atoms with Gasteiger partial charge >= 0.3 is 49.0 Å². The van der Waals surface area contributed by atoms with Crippen LogP contribution in [0.15, 0.2) is 22.1 Å². The van der Waals surface area contributed by atoms with Crippen molar-refractivity contribution in [3.05, 3.63) is 22.1 Å². The van der Waals surface area contributed by atoms with Crippen LogP contribution in [0.2, 0.25) is 0 Å². The van der Waals surface area contributed by atoms with Gasteiger partial charge in [0.2, 0.25) is 0 Å². The Hall–Kier alpha value is 0.734. The van der Waals surface area contributed by atoms with E-state index in [-0.39, 0.29) is 0 Å². The van der Waals surface area contributed by atoms with E-state index in [9.17, 15) is 5.11 Å². The molecule has 0 bridgehead atoms. The van der Waals surface area contributed by atoms with E-state index in [1.54, 1.807) is 0 Å². The van der Waals surface area contributed by atoms with Gasteiger partial charge in [0.05, 0.1) is 0 Å². The van der Waals surface area contributed by atoms with Gasteiger partial charge < -0.3 is 5.11 Å². The number of hydrogen-bond acceptors (Lipinski definition) is 1. The quantitative estimate of drug-likeness (QED) is 0.457. The molecule has 1 aliphatic carbocycles. The van der Waals surface area contributed by atoms with E-state index in [1.165, 1.54) is 10.3 Å². The van der Waals surface area contributed by atoms with Crippen molar-refractivity contribution >= 4 is 23.2 Å². The summed E-state index contributed by atoms with van der Waals surface area (Å²) in [5.74, 6) is 0. The molecule has 4 heteroatoms. The summed E-state index contributed by atoms with van der Waals surface area (Å²) in [5.41, 5.74) is 0. The topological polar surface area (TPSA) is 23.1 Å². The molecule has 0 amide bonds. The molecular weight excluding hydrogens is 219 g/mol. The zero-order valence-electron chi connectivity index (χ0n) is 6.10. The van der Waals surface area contributed by atoms with E-state index in [0.717, 1.165) is 6.92 Å². The van der Waals surface area contributed by atoms with E-state index in [0.29, 0.717) is 0 Å². The molecule has 0 fully saturated rings. The summed E-state index contributed by atoms with van der Waals surface area (Å²) < 4.78 is -0.338. The van der Waals surface area contributed by atoms with E-state index in [4.69, 9.17) is 23.2 Å². The third-order valence-electron chi connectivity index (χ3n) is 0.771. The molecule has 0 aliphatic heterocycles. The minimum absolute atomic E-state index is 1.16. The van der Waals surface area contributed by atoms with Crippen LogP contribution in [0, 0.1) is 0 Å². The average molecular weight is 227 g/mol. The summed E-state index contributed by atoms with van der Waals surface area (Å²) in [6.07, 6.45) is 7.56. The van der Waals surface area contributed by atoms with Crippen LogP contribution in [0.25, 0.3) is 0 Å². The average Bonchev–Trinajstić information content (AvgIpc) is 2.12. The third-order valence-corrected chi connectivity index (χ3v) is 1.35. The van der Waals surface area contributed by atoms with Crippen LogP contribution in [0.1, 0.15) is 13.3 Å². The number of halogens is 2. The molecule has 0 heterocycles. The Morgan fingerprint density at radius 2 is 2.09 bits per heavy atom. The first kappa shape index (κ1) is 11.7. The molecule has 0 atom stereocenters. The van der Waals surface area contributed by atoms with Crippen molar-refractivity contribution in [1.29, 1.82) is 0 Å². The van der Waals surface area contributed by atoms with Crippen molar-refractivity contribution in [3.63, 3.8) is 0 Å². The Morgan fingerprint density at radius 3 is 2.18 bits per heavy atom.